The molecule has 4 aromatic rings. The van der Waals surface area contributed by atoms with Gasteiger partial charge in [-0.25, -0.2) is 14.2 Å². The van der Waals surface area contributed by atoms with Crippen LogP contribution in [0.15, 0.2) is 65.6 Å². The van der Waals surface area contributed by atoms with Crippen LogP contribution in [0.4, 0.5) is 11.5 Å². The highest BCUT2D eigenvalue weighted by Crippen LogP contribution is 2.22. The lowest BCUT2D eigenvalue weighted by atomic mass is 10.1. The number of nitrogens with one attached hydrogen (secondary N) is 1. The second-order valence-corrected chi connectivity index (χ2v) is 6.75. The maximum atomic E-state index is 12.8. The van der Waals surface area contributed by atoms with E-state index in [0.29, 0.717) is 22.6 Å². The van der Waals surface area contributed by atoms with Crippen molar-refractivity contribution in [2.24, 2.45) is 0 Å². The van der Waals surface area contributed by atoms with Crippen LogP contribution < -0.4 is 16.7 Å². The number of anilines is 2. The van der Waals surface area contributed by atoms with Crippen LogP contribution in [0.25, 0.3) is 22.6 Å². The summed E-state index contributed by atoms with van der Waals surface area (Å²) in [5, 5.41) is 15.6. The largest absolute Gasteiger partial charge is 0.481 e. The fraction of sp³-hybridized carbons (Fsp3) is 0.0952. The molecule has 0 aliphatic heterocycles. The van der Waals surface area contributed by atoms with Crippen molar-refractivity contribution in [3.05, 3.63) is 71.3 Å². The van der Waals surface area contributed by atoms with Gasteiger partial charge in [0.25, 0.3) is 0 Å². The van der Waals surface area contributed by atoms with Gasteiger partial charge in [-0.05, 0) is 24.3 Å². The summed E-state index contributed by atoms with van der Waals surface area (Å²) in [5.41, 5.74) is 8.20. The van der Waals surface area contributed by atoms with Crippen LogP contribution in [0.3, 0.4) is 0 Å². The van der Waals surface area contributed by atoms with Gasteiger partial charge >= 0.3 is 11.7 Å². The molecule has 2 aromatic heterocycles. The third-order valence-corrected chi connectivity index (χ3v) is 4.56. The van der Waals surface area contributed by atoms with Crippen molar-refractivity contribution in [1.82, 2.24) is 19.2 Å². The number of aromatic nitrogens is 4. The summed E-state index contributed by atoms with van der Waals surface area (Å²) in [6, 6.07) is 15.7. The lowest BCUT2D eigenvalue weighted by Crippen LogP contribution is -2.19. The van der Waals surface area contributed by atoms with Crippen LogP contribution in [0.1, 0.15) is 12.8 Å². The van der Waals surface area contributed by atoms with E-state index in [1.54, 1.807) is 54.7 Å². The number of rotatable bonds is 6. The number of fused-ring (bicyclic) bond motifs is 1. The van der Waals surface area contributed by atoms with Crippen molar-refractivity contribution in [3.63, 3.8) is 0 Å². The Hall–Kier alpha value is -4.47. The van der Waals surface area contributed by atoms with Crippen LogP contribution in [0.2, 0.25) is 0 Å². The van der Waals surface area contributed by atoms with Gasteiger partial charge in [-0.3, -0.25) is 9.59 Å². The SMILES string of the molecule is Nc1nc(-c2ccc(NC(=O)CCC(=O)O)cc2)cn2c(=O)n(-c3ccccc3)nc12. The summed E-state index contributed by atoms with van der Waals surface area (Å²) < 4.78 is 2.60. The minimum absolute atomic E-state index is 0.107. The monoisotopic (exact) mass is 418 g/mol. The predicted molar refractivity (Wildman–Crippen MR) is 114 cm³/mol. The van der Waals surface area contributed by atoms with Gasteiger partial charge in [-0.1, -0.05) is 30.3 Å². The van der Waals surface area contributed by atoms with Gasteiger partial charge < -0.3 is 16.2 Å². The fourth-order valence-electron chi connectivity index (χ4n) is 3.04. The van der Waals surface area contributed by atoms with Crippen molar-refractivity contribution in [2.45, 2.75) is 12.8 Å². The zero-order chi connectivity index (χ0) is 22.0. The summed E-state index contributed by atoms with van der Waals surface area (Å²) in [4.78, 5) is 39.5. The summed E-state index contributed by atoms with van der Waals surface area (Å²) >= 11 is 0. The Morgan fingerprint density at radius 1 is 1.03 bits per heavy atom. The smallest absolute Gasteiger partial charge is 0.355 e. The lowest BCUT2D eigenvalue weighted by Gasteiger charge is -2.07. The number of para-hydroxylation sites is 1. The molecular weight excluding hydrogens is 400 g/mol. The van der Waals surface area contributed by atoms with E-state index in [2.05, 4.69) is 15.4 Å². The number of hydrogen-bond donors (Lipinski definition) is 3. The molecule has 0 aliphatic carbocycles. The van der Waals surface area contributed by atoms with Gasteiger partial charge in [0.2, 0.25) is 11.6 Å². The molecule has 0 radical (unpaired) electrons. The average Bonchev–Trinajstić information content (AvgIpc) is 3.10. The van der Waals surface area contributed by atoms with Crippen LogP contribution in [-0.4, -0.2) is 36.1 Å². The van der Waals surface area contributed by atoms with E-state index in [9.17, 15) is 14.4 Å². The van der Waals surface area contributed by atoms with Gasteiger partial charge in [0.1, 0.15) is 0 Å². The highest BCUT2D eigenvalue weighted by atomic mass is 16.4. The van der Waals surface area contributed by atoms with E-state index < -0.39 is 5.97 Å². The number of nitrogens with two attached hydrogens (primary N) is 1. The first-order valence-electron chi connectivity index (χ1n) is 9.38. The molecule has 0 bridgehead atoms. The molecule has 4 N–H and O–H groups in total. The van der Waals surface area contributed by atoms with E-state index >= 15 is 0 Å². The molecule has 0 atom stereocenters. The summed E-state index contributed by atoms with van der Waals surface area (Å²) in [5.74, 6) is -1.32. The Morgan fingerprint density at radius 2 is 1.74 bits per heavy atom. The first-order valence-corrected chi connectivity index (χ1v) is 9.38. The Balaban J connectivity index is 1.63. The number of carbonyl (C=O) groups is 2. The maximum Gasteiger partial charge on any atom is 0.355 e. The molecule has 4 rings (SSSR count). The minimum Gasteiger partial charge on any atom is -0.481 e. The zero-order valence-electron chi connectivity index (χ0n) is 16.2. The van der Waals surface area contributed by atoms with Crippen molar-refractivity contribution in [2.75, 3.05) is 11.1 Å². The van der Waals surface area contributed by atoms with Gasteiger partial charge in [0.15, 0.2) is 5.82 Å². The van der Waals surface area contributed by atoms with E-state index in [-0.39, 0.29) is 35.9 Å². The van der Waals surface area contributed by atoms with E-state index in [1.807, 2.05) is 6.07 Å². The number of aliphatic carboxylic acids is 1. The second kappa shape index (κ2) is 8.11. The molecule has 0 aliphatic rings. The quantitative estimate of drug-likeness (QED) is 0.434. The Kier molecular flexibility index (Phi) is 5.19. The number of hydrogen-bond acceptors (Lipinski definition) is 6. The van der Waals surface area contributed by atoms with Crippen LogP contribution in [0, 0.1) is 0 Å². The van der Waals surface area contributed by atoms with Gasteiger partial charge in [-0.2, -0.15) is 4.68 Å². The molecule has 0 spiro atoms. The number of nitrogen functional groups attached to an aromatic ring is 1. The third-order valence-electron chi connectivity index (χ3n) is 4.56. The van der Waals surface area contributed by atoms with Gasteiger partial charge in [0.05, 0.1) is 17.8 Å². The lowest BCUT2D eigenvalue weighted by molar-refractivity contribution is -0.138. The molecule has 10 nitrogen and oxygen atoms in total. The molecule has 0 unspecified atom stereocenters. The molecule has 31 heavy (non-hydrogen) atoms. The molecule has 10 heteroatoms. The normalized spacial score (nSPS) is 10.8. The maximum absolute atomic E-state index is 12.8. The summed E-state index contributed by atoms with van der Waals surface area (Å²) in [6.07, 6.45) is 1.21. The first kappa shape index (κ1) is 19.8. The topological polar surface area (TPSA) is 145 Å². The number of carbonyl (C=O) groups excluding carboxylic acids is 1. The molecule has 0 saturated heterocycles. The molecule has 156 valence electrons. The first-order chi connectivity index (χ1) is 14.9. The number of carboxylic acid groups (broad SMARTS) is 1. The van der Waals surface area contributed by atoms with Crippen LogP contribution in [-0.2, 0) is 9.59 Å². The van der Waals surface area contributed by atoms with Crippen molar-refractivity contribution in [1.29, 1.82) is 0 Å². The number of nitrogens with zero attached hydrogens (tertiary/aromatic N) is 4. The highest BCUT2D eigenvalue weighted by Gasteiger charge is 2.14. The van der Waals surface area contributed by atoms with E-state index in [4.69, 9.17) is 10.8 Å². The number of carboxylic acids is 1. The Labute approximate surface area is 175 Å². The minimum atomic E-state index is -1.03. The predicted octanol–water partition coefficient (Wildman–Crippen LogP) is 1.93. The van der Waals surface area contributed by atoms with E-state index in [1.165, 1.54) is 9.08 Å². The Bertz CT molecular complexity index is 1330. The molecule has 0 fully saturated rings. The average molecular weight is 418 g/mol. The van der Waals surface area contributed by atoms with Crippen LogP contribution in [0.5, 0.6) is 0 Å². The summed E-state index contributed by atoms with van der Waals surface area (Å²) in [6.45, 7) is 0. The van der Waals surface area contributed by atoms with Crippen molar-refractivity contribution < 1.29 is 14.7 Å². The highest BCUT2D eigenvalue weighted by molar-refractivity contribution is 5.92. The molecule has 2 heterocycles. The molecular formula is C21H18N6O4. The standard InChI is InChI=1S/C21H18N6O4/c22-19-20-25-27(15-4-2-1-3-5-15)21(31)26(20)12-16(24-19)13-6-8-14(9-7-13)23-17(28)10-11-18(29)30/h1-9,12H,10-11H2,(H2,22,24)(H,23,28)(H,29,30). The zero-order valence-corrected chi connectivity index (χ0v) is 16.2. The number of benzene rings is 2. The molecule has 2 aromatic carbocycles. The van der Waals surface area contributed by atoms with E-state index in [0.717, 1.165) is 0 Å². The second-order valence-electron chi connectivity index (χ2n) is 6.75. The van der Waals surface area contributed by atoms with Crippen molar-refractivity contribution >= 4 is 29.0 Å². The fourth-order valence-corrected chi connectivity index (χ4v) is 3.04. The molecule has 1 amide bonds. The third kappa shape index (κ3) is 4.13. The van der Waals surface area contributed by atoms with Crippen LogP contribution >= 0.6 is 0 Å². The number of amides is 1. The summed E-state index contributed by atoms with van der Waals surface area (Å²) in [7, 11) is 0. The van der Waals surface area contributed by atoms with Crippen molar-refractivity contribution in [3.8, 4) is 16.9 Å². The van der Waals surface area contributed by atoms with Gasteiger partial charge in [-0.15, -0.1) is 5.10 Å². The molecule has 0 saturated carbocycles. The van der Waals surface area contributed by atoms with Gasteiger partial charge in [0, 0.05) is 23.9 Å². The Morgan fingerprint density at radius 3 is 2.42 bits per heavy atom.